The van der Waals surface area contributed by atoms with Crippen LogP contribution in [-0.2, 0) is 0 Å². The van der Waals surface area contributed by atoms with Crippen LogP contribution in [0.5, 0.6) is 17.8 Å². The van der Waals surface area contributed by atoms with Gasteiger partial charge in [-0.05, 0) is 6.07 Å². The predicted octanol–water partition coefficient (Wildman–Crippen LogP) is 2.16. The number of ether oxygens (including phenoxy) is 3. The van der Waals surface area contributed by atoms with Crippen molar-refractivity contribution in [1.82, 2.24) is 9.97 Å². The maximum Gasteiger partial charge on any atom is 0.322 e. The van der Waals surface area contributed by atoms with Gasteiger partial charge in [0.15, 0.2) is 0 Å². The van der Waals surface area contributed by atoms with Gasteiger partial charge in [0.05, 0.1) is 31.9 Å². The summed E-state index contributed by atoms with van der Waals surface area (Å²) in [5, 5.41) is 10.8. The van der Waals surface area contributed by atoms with Crippen molar-refractivity contribution in [3.8, 4) is 17.8 Å². The van der Waals surface area contributed by atoms with Crippen LogP contribution in [0.3, 0.4) is 0 Å². The number of nitrogens with zero attached hydrogens (tertiary/aromatic N) is 4. The van der Waals surface area contributed by atoms with Gasteiger partial charge in [0.25, 0.3) is 5.69 Å². The van der Waals surface area contributed by atoms with E-state index in [0.29, 0.717) is 11.3 Å². The highest BCUT2D eigenvalue weighted by Gasteiger charge is 2.15. The molecular weight excluding hydrogens is 304 g/mol. The topological polar surface area (TPSA) is 109 Å². The lowest BCUT2D eigenvalue weighted by molar-refractivity contribution is -0.384. The standard InChI is InChI=1S/C14H14N4O5/c1-21-12-11(13(22-2)17-14(16-12)23-3)8-15-9-5-4-6-10(7-9)18(19)20/h4-8H,1-3H3. The molecule has 0 N–H and O–H groups in total. The highest BCUT2D eigenvalue weighted by molar-refractivity contribution is 5.87. The maximum atomic E-state index is 10.8. The van der Waals surface area contributed by atoms with E-state index in [-0.39, 0.29) is 23.5 Å². The Labute approximate surface area is 131 Å². The number of aliphatic imine (C=N–C) groups is 1. The Morgan fingerprint density at radius 3 is 2.30 bits per heavy atom. The Morgan fingerprint density at radius 1 is 1.13 bits per heavy atom. The van der Waals surface area contributed by atoms with Gasteiger partial charge in [0, 0.05) is 18.3 Å². The Bertz CT molecular complexity index is 723. The van der Waals surface area contributed by atoms with Crippen molar-refractivity contribution in [3.63, 3.8) is 0 Å². The van der Waals surface area contributed by atoms with Crippen molar-refractivity contribution in [1.29, 1.82) is 0 Å². The van der Waals surface area contributed by atoms with E-state index in [9.17, 15) is 10.1 Å². The predicted molar refractivity (Wildman–Crippen MR) is 82.0 cm³/mol. The molecule has 0 spiro atoms. The van der Waals surface area contributed by atoms with Gasteiger partial charge in [-0.3, -0.25) is 15.1 Å². The number of hydrogen-bond acceptors (Lipinski definition) is 8. The van der Waals surface area contributed by atoms with E-state index >= 15 is 0 Å². The first-order valence-corrected chi connectivity index (χ1v) is 6.41. The molecule has 0 aliphatic rings. The largest absolute Gasteiger partial charge is 0.480 e. The molecule has 1 aromatic carbocycles. The second kappa shape index (κ2) is 7.16. The Morgan fingerprint density at radius 2 is 1.78 bits per heavy atom. The first-order valence-electron chi connectivity index (χ1n) is 6.41. The summed E-state index contributed by atoms with van der Waals surface area (Å²) in [4.78, 5) is 22.6. The minimum Gasteiger partial charge on any atom is -0.480 e. The van der Waals surface area contributed by atoms with Crippen LogP contribution in [0.1, 0.15) is 5.56 Å². The molecule has 9 heteroatoms. The fraction of sp³-hybridized carbons (Fsp3) is 0.214. The number of aromatic nitrogens is 2. The van der Waals surface area contributed by atoms with Crippen LogP contribution in [0.25, 0.3) is 0 Å². The molecule has 0 bridgehead atoms. The summed E-state index contributed by atoms with van der Waals surface area (Å²) in [6.45, 7) is 0. The second-order valence-electron chi connectivity index (χ2n) is 4.18. The van der Waals surface area contributed by atoms with Crippen LogP contribution in [0.4, 0.5) is 11.4 Å². The molecule has 0 unspecified atom stereocenters. The van der Waals surface area contributed by atoms with E-state index in [4.69, 9.17) is 14.2 Å². The van der Waals surface area contributed by atoms with Crippen LogP contribution in [0.15, 0.2) is 29.3 Å². The first kappa shape index (κ1) is 16.1. The van der Waals surface area contributed by atoms with E-state index in [2.05, 4.69) is 15.0 Å². The number of nitro groups is 1. The summed E-state index contributed by atoms with van der Waals surface area (Å²) in [7, 11) is 4.29. The van der Waals surface area contributed by atoms with Gasteiger partial charge in [-0.2, -0.15) is 9.97 Å². The fourth-order valence-corrected chi connectivity index (χ4v) is 1.75. The van der Waals surface area contributed by atoms with E-state index in [0.717, 1.165) is 0 Å². The molecule has 0 radical (unpaired) electrons. The molecule has 23 heavy (non-hydrogen) atoms. The molecule has 0 aliphatic carbocycles. The average Bonchev–Trinajstić information content (AvgIpc) is 2.59. The molecule has 1 aromatic heterocycles. The molecule has 2 rings (SSSR count). The molecule has 1 heterocycles. The summed E-state index contributed by atoms with van der Waals surface area (Å²) in [5.74, 6) is 0.422. The Balaban J connectivity index is 2.42. The van der Waals surface area contributed by atoms with Gasteiger partial charge >= 0.3 is 6.01 Å². The molecule has 0 amide bonds. The van der Waals surface area contributed by atoms with Crippen LogP contribution >= 0.6 is 0 Å². The lowest BCUT2D eigenvalue weighted by Crippen LogP contribution is -2.03. The fourth-order valence-electron chi connectivity index (χ4n) is 1.75. The minimum atomic E-state index is -0.489. The normalized spacial score (nSPS) is 10.6. The van der Waals surface area contributed by atoms with Gasteiger partial charge < -0.3 is 14.2 Å². The van der Waals surface area contributed by atoms with Gasteiger partial charge in [0.1, 0.15) is 5.56 Å². The summed E-state index contributed by atoms with van der Waals surface area (Å²) >= 11 is 0. The third-order valence-corrected chi connectivity index (χ3v) is 2.81. The van der Waals surface area contributed by atoms with Crippen molar-refractivity contribution in [2.24, 2.45) is 4.99 Å². The number of methoxy groups -OCH3 is 3. The lowest BCUT2D eigenvalue weighted by Gasteiger charge is -2.09. The molecule has 120 valence electrons. The third kappa shape index (κ3) is 3.70. The van der Waals surface area contributed by atoms with Crippen LogP contribution in [0, 0.1) is 10.1 Å². The van der Waals surface area contributed by atoms with Crippen LogP contribution in [0.2, 0.25) is 0 Å². The average molecular weight is 318 g/mol. The number of benzene rings is 1. The highest BCUT2D eigenvalue weighted by atomic mass is 16.6. The molecular formula is C14H14N4O5. The van der Waals surface area contributed by atoms with Crippen molar-refractivity contribution in [2.45, 2.75) is 0 Å². The smallest absolute Gasteiger partial charge is 0.322 e. The van der Waals surface area contributed by atoms with E-state index < -0.39 is 4.92 Å². The van der Waals surface area contributed by atoms with Gasteiger partial charge in [-0.25, -0.2) is 0 Å². The molecule has 0 saturated heterocycles. The number of non-ortho nitro benzene ring substituents is 1. The zero-order chi connectivity index (χ0) is 16.8. The van der Waals surface area contributed by atoms with Crippen molar-refractivity contribution in [2.75, 3.05) is 21.3 Å². The number of nitro benzene ring substituents is 1. The first-order chi connectivity index (χ1) is 11.1. The minimum absolute atomic E-state index is 0.0513. The number of hydrogen-bond donors (Lipinski definition) is 0. The second-order valence-corrected chi connectivity index (χ2v) is 4.18. The zero-order valence-corrected chi connectivity index (χ0v) is 12.7. The third-order valence-electron chi connectivity index (χ3n) is 2.81. The Kier molecular flexibility index (Phi) is 5.03. The maximum absolute atomic E-state index is 10.8. The summed E-state index contributed by atoms with van der Waals surface area (Å²) in [6, 6.07) is 6.00. The quantitative estimate of drug-likeness (QED) is 0.456. The van der Waals surface area contributed by atoms with Crippen LogP contribution < -0.4 is 14.2 Å². The summed E-state index contributed by atoms with van der Waals surface area (Å²) in [5.41, 5.74) is 0.742. The van der Waals surface area contributed by atoms with Crippen molar-refractivity contribution >= 4 is 17.6 Å². The van der Waals surface area contributed by atoms with Crippen LogP contribution in [-0.4, -0.2) is 42.4 Å². The van der Waals surface area contributed by atoms with Crippen molar-refractivity contribution in [3.05, 3.63) is 39.9 Å². The summed E-state index contributed by atoms with van der Waals surface area (Å²) < 4.78 is 15.3. The van der Waals surface area contributed by atoms with Gasteiger partial charge in [-0.1, -0.05) is 6.07 Å². The van der Waals surface area contributed by atoms with E-state index in [1.54, 1.807) is 12.1 Å². The zero-order valence-electron chi connectivity index (χ0n) is 12.7. The van der Waals surface area contributed by atoms with E-state index in [1.807, 2.05) is 0 Å². The van der Waals surface area contributed by atoms with E-state index in [1.165, 1.54) is 39.7 Å². The molecule has 0 fully saturated rings. The molecule has 0 aliphatic heterocycles. The molecule has 2 aromatic rings. The molecule has 0 saturated carbocycles. The number of rotatable bonds is 6. The monoisotopic (exact) mass is 318 g/mol. The Hall–Kier alpha value is -3.23. The highest BCUT2D eigenvalue weighted by Crippen LogP contribution is 2.27. The SMILES string of the molecule is COc1nc(OC)c(C=Nc2cccc([N+](=O)[O-])c2)c(OC)n1. The summed E-state index contributed by atoms with van der Waals surface area (Å²) in [6.07, 6.45) is 1.41. The van der Waals surface area contributed by atoms with Gasteiger partial charge in [-0.15, -0.1) is 0 Å². The molecule has 0 atom stereocenters. The van der Waals surface area contributed by atoms with Crippen molar-refractivity contribution < 1.29 is 19.1 Å². The van der Waals surface area contributed by atoms with Gasteiger partial charge in [0.2, 0.25) is 11.8 Å². The molecule has 9 nitrogen and oxygen atoms in total. The lowest BCUT2D eigenvalue weighted by atomic mass is 10.3.